The van der Waals surface area contributed by atoms with E-state index in [1.165, 1.54) is 0 Å². The average molecular weight is 327 g/mol. The highest BCUT2D eigenvalue weighted by atomic mass is 16.5. The molecule has 0 radical (unpaired) electrons. The summed E-state index contributed by atoms with van der Waals surface area (Å²) in [5, 5.41) is 3.05. The fraction of sp³-hybridized carbons (Fsp3) is 0.350. The van der Waals surface area contributed by atoms with Crippen molar-refractivity contribution in [2.75, 3.05) is 14.2 Å². The summed E-state index contributed by atoms with van der Waals surface area (Å²) in [5.74, 6) is 1.62. The van der Waals surface area contributed by atoms with Crippen molar-refractivity contribution in [2.24, 2.45) is 0 Å². The van der Waals surface area contributed by atoms with E-state index >= 15 is 0 Å². The summed E-state index contributed by atoms with van der Waals surface area (Å²) in [6, 6.07) is 13.6. The molecule has 0 spiro atoms. The molecular formula is C20H25NO3. The first-order valence-corrected chi connectivity index (χ1v) is 8.11. The maximum atomic E-state index is 12.3. The lowest BCUT2D eigenvalue weighted by atomic mass is 10.0. The van der Waals surface area contributed by atoms with Gasteiger partial charge in [-0.15, -0.1) is 0 Å². The minimum Gasteiger partial charge on any atom is -0.496 e. The molecular weight excluding hydrogens is 302 g/mol. The maximum Gasteiger partial charge on any atom is 0.220 e. The van der Waals surface area contributed by atoms with E-state index in [0.717, 1.165) is 28.2 Å². The summed E-state index contributed by atoms with van der Waals surface area (Å²) in [7, 11) is 3.29. The van der Waals surface area contributed by atoms with Crippen molar-refractivity contribution in [3.63, 3.8) is 0 Å². The van der Waals surface area contributed by atoms with Gasteiger partial charge < -0.3 is 14.8 Å². The normalized spacial score (nSPS) is 11.7. The van der Waals surface area contributed by atoms with E-state index in [1.54, 1.807) is 14.2 Å². The van der Waals surface area contributed by atoms with E-state index in [1.807, 2.05) is 56.3 Å². The fourth-order valence-electron chi connectivity index (χ4n) is 2.74. The fourth-order valence-corrected chi connectivity index (χ4v) is 2.74. The van der Waals surface area contributed by atoms with Crippen LogP contribution in [0.4, 0.5) is 0 Å². The predicted molar refractivity (Wildman–Crippen MR) is 95.6 cm³/mol. The number of hydrogen-bond acceptors (Lipinski definition) is 3. The average Bonchev–Trinajstić information content (AvgIpc) is 2.60. The van der Waals surface area contributed by atoms with Crippen molar-refractivity contribution in [3.8, 4) is 11.5 Å². The number of carbonyl (C=O) groups is 1. The molecule has 0 saturated carbocycles. The molecule has 0 aliphatic carbocycles. The Morgan fingerprint density at radius 1 is 1.08 bits per heavy atom. The first-order valence-electron chi connectivity index (χ1n) is 8.11. The van der Waals surface area contributed by atoms with Crippen LogP contribution in [-0.4, -0.2) is 20.1 Å². The van der Waals surface area contributed by atoms with E-state index in [-0.39, 0.29) is 11.9 Å². The Labute approximate surface area is 143 Å². The second-order valence-electron chi connectivity index (χ2n) is 5.85. The van der Waals surface area contributed by atoms with Gasteiger partial charge in [-0.3, -0.25) is 4.79 Å². The second kappa shape index (κ2) is 8.39. The lowest BCUT2D eigenvalue weighted by Crippen LogP contribution is -2.27. The van der Waals surface area contributed by atoms with Crippen molar-refractivity contribution in [1.82, 2.24) is 5.32 Å². The predicted octanol–water partition coefficient (Wildman–Crippen LogP) is 3.82. The van der Waals surface area contributed by atoms with Crippen LogP contribution in [0.5, 0.6) is 11.5 Å². The highest BCUT2D eigenvalue weighted by Gasteiger charge is 2.14. The van der Waals surface area contributed by atoms with Gasteiger partial charge >= 0.3 is 0 Å². The molecule has 1 N–H and O–H groups in total. The molecule has 1 atom stereocenters. The zero-order chi connectivity index (χ0) is 17.5. The molecule has 1 amide bonds. The Kier molecular flexibility index (Phi) is 6.24. The van der Waals surface area contributed by atoms with Crippen molar-refractivity contribution in [3.05, 3.63) is 59.2 Å². The molecule has 2 aromatic rings. The first kappa shape index (κ1) is 17.9. The van der Waals surface area contributed by atoms with Gasteiger partial charge in [0.2, 0.25) is 5.91 Å². The zero-order valence-corrected chi connectivity index (χ0v) is 14.8. The van der Waals surface area contributed by atoms with Crippen LogP contribution in [0.25, 0.3) is 0 Å². The Balaban J connectivity index is 1.98. The number of para-hydroxylation sites is 1. The Hall–Kier alpha value is -2.49. The van der Waals surface area contributed by atoms with Crippen LogP contribution in [0.15, 0.2) is 42.5 Å². The van der Waals surface area contributed by atoms with Gasteiger partial charge in [0, 0.05) is 12.0 Å². The van der Waals surface area contributed by atoms with Crippen molar-refractivity contribution in [1.29, 1.82) is 0 Å². The standard InChI is InChI=1S/C20H25NO3/c1-14-9-11-19(24-4)17(13-14)15(2)21-20(22)12-10-16-7-5-6-8-18(16)23-3/h5-9,11,13,15H,10,12H2,1-4H3,(H,21,22)/t15-/m0/s1. The quantitative estimate of drug-likeness (QED) is 0.841. The van der Waals surface area contributed by atoms with Crippen LogP contribution in [-0.2, 0) is 11.2 Å². The van der Waals surface area contributed by atoms with Gasteiger partial charge in [-0.1, -0.05) is 35.9 Å². The highest BCUT2D eigenvalue weighted by Crippen LogP contribution is 2.26. The van der Waals surface area contributed by atoms with Gasteiger partial charge in [-0.2, -0.15) is 0 Å². The minimum absolute atomic E-state index is 0.0111. The number of benzene rings is 2. The number of aryl methyl sites for hydroxylation is 2. The first-order chi connectivity index (χ1) is 11.5. The Morgan fingerprint density at radius 3 is 2.50 bits per heavy atom. The molecule has 4 heteroatoms. The lowest BCUT2D eigenvalue weighted by Gasteiger charge is -2.18. The highest BCUT2D eigenvalue weighted by molar-refractivity contribution is 5.77. The van der Waals surface area contributed by atoms with Crippen LogP contribution in [0.3, 0.4) is 0 Å². The summed E-state index contributed by atoms with van der Waals surface area (Å²) in [5.41, 5.74) is 3.17. The molecule has 2 aromatic carbocycles. The number of carbonyl (C=O) groups excluding carboxylic acids is 1. The third kappa shape index (κ3) is 4.51. The largest absolute Gasteiger partial charge is 0.496 e. The molecule has 0 unspecified atom stereocenters. The molecule has 24 heavy (non-hydrogen) atoms. The molecule has 4 nitrogen and oxygen atoms in total. The topological polar surface area (TPSA) is 47.6 Å². The molecule has 128 valence electrons. The third-order valence-electron chi connectivity index (χ3n) is 4.04. The smallest absolute Gasteiger partial charge is 0.220 e. The molecule has 0 fully saturated rings. The second-order valence-corrected chi connectivity index (χ2v) is 5.85. The van der Waals surface area contributed by atoms with Crippen molar-refractivity contribution in [2.45, 2.75) is 32.7 Å². The van der Waals surface area contributed by atoms with Gasteiger partial charge in [0.25, 0.3) is 0 Å². The molecule has 2 rings (SSSR count). The zero-order valence-electron chi connectivity index (χ0n) is 14.8. The summed E-state index contributed by atoms with van der Waals surface area (Å²) in [4.78, 5) is 12.3. The van der Waals surface area contributed by atoms with Crippen LogP contribution in [0.2, 0.25) is 0 Å². The SMILES string of the molecule is COc1ccccc1CCC(=O)N[C@@H](C)c1cc(C)ccc1OC. The van der Waals surface area contributed by atoms with Gasteiger partial charge in [0.15, 0.2) is 0 Å². The van der Waals surface area contributed by atoms with Gasteiger partial charge in [0.05, 0.1) is 20.3 Å². The van der Waals surface area contributed by atoms with Crippen LogP contribution in [0, 0.1) is 6.92 Å². The van der Waals surface area contributed by atoms with Crippen molar-refractivity contribution >= 4 is 5.91 Å². The number of amides is 1. The molecule has 0 saturated heterocycles. The van der Waals surface area contributed by atoms with Crippen LogP contribution >= 0.6 is 0 Å². The van der Waals surface area contributed by atoms with Crippen LogP contribution < -0.4 is 14.8 Å². The monoisotopic (exact) mass is 327 g/mol. The summed E-state index contributed by atoms with van der Waals surface area (Å²) >= 11 is 0. The minimum atomic E-state index is -0.106. The van der Waals surface area contributed by atoms with E-state index in [4.69, 9.17) is 9.47 Å². The Bertz CT molecular complexity index is 697. The molecule has 0 bridgehead atoms. The number of methoxy groups -OCH3 is 2. The van der Waals surface area contributed by atoms with Gasteiger partial charge in [-0.05, 0) is 38.0 Å². The van der Waals surface area contributed by atoms with Crippen LogP contribution in [0.1, 0.15) is 36.1 Å². The molecule has 0 aromatic heterocycles. The Morgan fingerprint density at radius 2 is 1.79 bits per heavy atom. The van der Waals surface area contributed by atoms with Gasteiger partial charge in [0.1, 0.15) is 11.5 Å². The van der Waals surface area contributed by atoms with E-state index in [0.29, 0.717) is 12.8 Å². The maximum absolute atomic E-state index is 12.3. The van der Waals surface area contributed by atoms with E-state index in [2.05, 4.69) is 5.32 Å². The van der Waals surface area contributed by atoms with Gasteiger partial charge in [-0.25, -0.2) is 0 Å². The summed E-state index contributed by atoms with van der Waals surface area (Å²) in [6.45, 7) is 4.00. The van der Waals surface area contributed by atoms with E-state index in [9.17, 15) is 4.79 Å². The molecule has 0 heterocycles. The molecule has 0 aliphatic rings. The summed E-state index contributed by atoms with van der Waals surface area (Å²) < 4.78 is 10.7. The number of nitrogens with one attached hydrogen (secondary N) is 1. The number of rotatable bonds is 7. The number of hydrogen-bond donors (Lipinski definition) is 1. The molecule has 0 aliphatic heterocycles. The lowest BCUT2D eigenvalue weighted by molar-refractivity contribution is -0.121. The summed E-state index contributed by atoms with van der Waals surface area (Å²) in [6.07, 6.45) is 1.06. The van der Waals surface area contributed by atoms with Crippen molar-refractivity contribution < 1.29 is 14.3 Å². The number of ether oxygens (including phenoxy) is 2. The third-order valence-corrected chi connectivity index (χ3v) is 4.04. The van der Waals surface area contributed by atoms with E-state index < -0.39 is 0 Å².